The smallest absolute Gasteiger partial charge is 0.171 e. The van der Waals surface area contributed by atoms with Crippen molar-refractivity contribution in [2.45, 2.75) is 13.0 Å². The SMILES string of the molecule is COc1ccc(OC)c(C(C)NC(=S)Nc2ccccc2Cl)c1. The van der Waals surface area contributed by atoms with Crippen LogP contribution in [0.2, 0.25) is 5.02 Å². The van der Waals surface area contributed by atoms with Crippen LogP contribution in [0.3, 0.4) is 0 Å². The maximum atomic E-state index is 6.12. The molecule has 0 heterocycles. The topological polar surface area (TPSA) is 42.5 Å². The Labute approximate surface area is 146 Å². The quantitative estimate of drug-likeness (QED) is 0.782. The van der Waals surface area contributed by atoms with Crippen molar-refractivity contribution in [1.29, 1.82) is 0 Å². The van der Waals surface area contributed by atoms with E-state index >= 15 is 0 Å². The molecule has 4 nitrogen and oxygen atoms in total. The van der Waals surface area contributed by atoms with Crippen LogP contribution in [-0.4, -0.2) is 19.3 Å². The van der Waals surface area contributed by atoms with Crippen LogP contribution >= 0.6 is 23.8 Å². The molecule has 6 heteroatoms. The van der Waals surface area contributed by atoms with E-state index in [0.717, 1.165) is 22.7 Å². The number of rotatable bonds is 5. The van der Waals surface area contributed by atoms with Crippen molar-refractivity contribution >= 4 is 34.6 Å². The number of hydrogen-bond acceptors (Lipinski definition) is 3. The molecular weight excluding hydrogens is 332 g/mol. The lowest BCUT2D eigenvalue weighted by Crippen LogP contribution is -2.31. The zero-order chi connectivity index (χ0) is 16.8. The molecule has 0 spiro atoms. The molecule has 0 aliphatic heterocycles. The molecule has 23 heavy (non-hydrogen) atoms. The van der Waals surface area contributed by atoms with Gasteiger partial charge in [0.25, 0.3) is 0 Å². The molecule has 0 saturated heterocycles. The maximum absolute atomic E-state index is 6.12. The van der Waals surface area contributed by atoms with Crippen molar-refractivity contribution in [2.75, 3.05) is 19.5 Å². The number of para-hydroxylation sites is 1. The number of ether oxygens (including phenoxy) is 2. The van der Waals surface area contributed by atoms with Gasteiger partial charge in [-0.25, -0.2) is 0 Å². The summed E-state index contributed by atoms with van der Waals surface area (Å²) in [6.45, 7) is 2.00. The highest BCUT2D eigenvalue weighted by molar-refractivity contribution is 7.80. The van der Waals surface area contributed by atoms with E-state index < -0.39 is 0 Å². The van der Waals surface area contributed by atoms with E-state index in [1.807, 2.05) is 43.3 Å². The Morgan fingerprint density at radius 2 is 1.87 bits per heavy atom. The lowest BCUT2D eigenvalue weighted by molar-refractivity contribution is 0.395. The van der Waals surface area contributed by atoms with Gasteiger partial charge in [-0.1, -0.05) is 23.7 Å². The Morgan fingerprint density at radius 1 is 1.13 bits per heavy atom. The van der Waals surface area contributed by atoms with Crippen molar-refractivity contribution in [1.82, 2.24) is 5.32 Å². The van der Waals surface area contributed by atoms with Gasteiger partial charge in [-0.2, -0.15) is 0 Å². The summed E-state index contributed by atoms with van der Waals surface area (Å²) in [5, 5.41) is 7.41. The van der Waals surface area contributed by atoms with Gasteiger partial charge in [-0.05, 0) is 49.5 Å². The van der Waals surface area contributed by atoms with Gasteiger partial charge in [0.05, 0.1) is 31.0 Å². The summed E-state index contributed by atoms with van der Waals surface area (Å²) in [6, 6.07) is 13.0. The van der Waals surface area contributed by atoms with Crippen LogP contribution in [0.4, 0.5) is 5.69 Å². The number of anilines is 1. The van der Waals surface area contributed by atoms with E-state index in [1.54, 1.807) is 20.3 Å². The first kappa shape index (κ1) is 17.4. The number of thiocarbonyl (C=S) groups is 1. The number of halogens is 1. The highest BCUT2D eigenvalue weighted by Crippen LogP contribution is 2.29. The molecule has 0 aromatic heterocycles. The van der Waals surface area contributed by atoms with E-state index in [-0.39, 0.29) is 6.04 Å². The third-order valence-corrected chi connectivity index (χ3v) is 3.92. The highest BCUT2D eigenvalue weighted by Gasteiger charge is 2.14. The van der Waals surface area contributed by atoms with Gasteiger partial charge in [0.15, 0.2) is 5.11 Å². The second kappa shape index (κ2) is 8.04. The molecule has 122 valence electrons. The maximum Gasteiger partial charge on any atom is 0.171 e. The average Bonchev–Trinajstić information content (AvgIpc) is 2.56. The van der Waals surface area contributed by atoms with E-state index in [4.69, 9.17) is 33.3 Å². The lowest BCUT2D eigenvalue weighted by Gasteiger charge is -2.20. The Kier molecular flexibility index (Phi) is 6.07. The molecule has 2 aromatic rings. The van der Waals surface area contributed by atoms with Crippen LogP contribution in [0.25, 0.3) is 0 Å². The number of hydrogen-bond donors (Lipinski definition) is 2. The van der Waals surface area contributed by atoms with Crippen LogP contribution in [0.5, 0.6) is 11.5 Å². The van der Waals surface area contributed by atoms with Crippen molar-refractivity contribution in [3.8, 4) is 11.5 Å². The molecule has 1 unspecified atom stereocenters. The van der Waals surface area contributed by atoms with Crippen molar-refractivity contribution in [3.05, 3.63) is 53.1 Å². The third kappa shape index (κ3) is 4.50. The summed E-state index contributed by atoms with van der Waals surface area (Å²) < 4.78 is 10.7. The molecule has 0 fully saturated rings. The van der Waals surface area contributed by atoms with E-state index in [0.29, 0.717) is 10.1 Å². The van der Waals surface area contributed by atoms with Gasteiger partial charge < -0.3 is 20.1 Å². The van der Waals surface area contributed by atoms with Crippen molar-refractivity contribution in [3.63, 3.8) is 0 Å². The van der Waals surface area contributed by atoms with Crippen LogP contribution in [0.1, 0.15) is 18.5 Å². The molecule has 0 amide bonds. The number of methoxy groups -OCH3 is 2. The van der Waals surface area contributed by atoms with Gasteiger partial charge in [0.2, 0.25) is 0 Å². The predicted octanol–water partition coefficient (Wildman–Crippen LogP) is 4.40. The minimum absolute atomic E-state index is 0.0671. The second-order valence-electron chi connectivity index (χ2n) is 4.91. The predicted molar refractivity (Wildman–Crippen MR) is 98.8 cm³/mol. The first-order chi connectivity index (χ1) is 11.0. The highest BCUT2D eigenvalue weighted by atomic mass is 35.5. The van der Waals surface area contributed by atoms with Gasteiger partial charge in [-0.15, -0.1) is 0 Å². The van der Waals surface area contributed by atoms with Gasteiger partial charge >= 0.3 is 0 Å². The first-order valence-corrected chi connectivity index (χ1v) is 7.87. The van der Waals surface area contributed by atoms with Crippen LogP contribution in [0, 0.1) is 0 Å². The summed E-state index contributed by atoms with van der Waals surface area (Å²) in [5.41, 5.74) is 1.71. The fourth-order valence-electron chi connectivity index (χ4n) is 2.17. The third-order valence-electron chi connectivity index (χ3n) is 3.37. The Morgan fingerprint density at radius 3 is 2.52 bits per heavy atom. The number of benzene rings is 2. The Bertz CT molecular complexity index is 694. The lowest BCUT2D eigenvalue weighted by atomic mass is 10.1. The molecular formula is C17H19ClN2O2S. The summed E-state index contributed by atoms with van der Waals surface area (Å²) in [6.07, 6.45) is 0. The fraction of sp³-hybridized carbons (Fsp3) is 0.235. The van der Waals surface area contributed by atoms with Gasteiger partial charge in [0.1, 0.15) is 11.5 Å². The summed E-state index contributed by atoms with van der Waals surface area (Å²) in [7, 11) is 3.27. The van der Waals surface area contributed by atoms with E-state index in [1.165, 1.54) is 0 Å². The van der Waals surface area contributed by atoms with E-state index in [2.05, 4.69) is 10.6 Å². The second-order valence-corrected chi connectivity index (χ2v) is 5.72. The first-order valence-electron chi connectivity index (χ1n) is 7.09. The fourth-order valence-corrected chi connectivity index (χ4v) is 2.64. The zero-order valence-corrected chi connectivity index (χ0v) is 14.8. The molecule has 0 aliphatic rings. The Balaban J connectivity index is 2.10. The normalized spacial score (nSPS) is 11.5. The van der Waals surface area contributed by atoms with Gasteiger partial charge in [-0.3, -0.25) is 0 Å². The average molecular weight is 351 g/mol. The molecule has 0 radical (unpaired) electrons. The van der Waals surface area contributed by atoms with Crippen LogP contribution in [0.15, 0.2) is 42.5 Å². The monoisotopic (exact) mass is 350 g/mol. The standard InChI is InChI=1S/C17H19ClN2O2S/c1-11(13-10-12(21-2)8-9-16(13)22-3)19-17(23)20-15-7-5-4-6-14(15)18/h4-11H,1-3H3,(H2,19,20,23). The van der Waals surface area contributed by atoms with Crippen LogP contribution in [-0.2, 0) is 0 Å². The number of nitrogens with one attached hydrogen (secondary N) is 2. The van der Waals surface area contributed by atoms with Crippen molar-refractivity contribution < 1.29 is 9.47 Å². The molecule has 0 bridgehead atoms. The minimum atomic E-state index is -0.0671. The van der Waals surface area contributed by atoms with E-state index in [9.17, 15) is 0 Å². The summed E-state index contributed by atoms with van der Waals surface area (Å²) in [5.74, 6) is 1.53. The Hall–Kier alpha value is -1.98. The molecule has 0 saturated carbocycles. The van der Waals surface area contributed by atoms with Crippen molar-refractivity contribution in [2.24, 2.45) is 0 Å². The molecule has 2 N–H and O–H groups in total. The van der Waals surface area contributed by atoms with Gasteiger partial charge in [0, 0.05) is 5.56 Å². The van der Waals surface area contributed by atoms with Crippen LogP contribution < -0.4 is 20.1 Å². The largest absolute Gasteiger partial charge is 0.497 e. The molecule has 1 atom stereocenters. The summed E-state index contributed by atoms with van der Waals surface area (Å²) >= 11 is 11.5. The molecule has 0 aliphatic carbocycles. The zero-order valence-electron chi connectivity index (χ0n) is 13.2. The minimum Gasteiger partial charge on any atom is -0.497 e. The molecule has 2 rings (SSSR count). The molecule has 2 aromatic carbocycles. The summed E-state index contributed by atoms with van der Waals surface area (Å²) in [4.78, 5) is 0.